The van der Waals surface area contributed by atoms with Crippen LogP contribution in [0.1, 0.15) is 0 Å². The standard InChI is InChI=1S/C21H22N4O5S/c1-27-12-7-5-11(6-8-12)13-10-23-21(25-20(22)31)24-17(13)16-14(26)9-15(28-2)18(29-3)19(16)30-4/h5-10,26H,1-4H3,(H3,22,23,24,25,31). The van der Waals surface area contributed by atoms with Crippen molar-refractivity contribution in [2.45, 2.75) is 0 Å². The van der Waals surface area contributed by atoms with Crippen LogP contribution in [-0.2, 0) is 0 Å². The fourth-order valence-corrected chi connectivity index (χ4v) is 3.19. The molecule has 162 valence electrons. The van der Waals surface area contributed by atoms with E-state index in [0.717, 1.165) is 5.56 Å². The molecular weight excluding hydrogens is 420 g/mol. The smallest absolute Gasteiger partial charge is 0.229 e. The summed E-state index contributed by atoms with van der Waals surface area (Å²) in [7, 11) is 5.99. The zero-order valence-corrected chi connectivity index (χ0v) is 18.2. The SMILES string of the molecule is COc1ccc(-c2cnc(NC(N)=S)nc2-c2c(O)cc(OC)c(OC)c2OC)cc1. The van der Waals surface area contributed by atoms with Gasteiger partial charge in [-0.25, -0.2) is 9.97 Å². The van der Waals surface area contributed by atoms with Gasteiger partial charge in [0.1, 0.15) is 11.5 Å². The van der Waals surface area contributed by atoms with Crippen molar-refractivity contribution in [2.24, 2.45) is 5.73 Å². The minimum absolute atomic E-state index is 0.00615. The average molecular weight is 442 g/mol. The number of hydrogen-bond donors (Lipinski definition) is 3. The number of phenols is 1. The molecule has 0 aliphatic heterocycles. The molecule has 10 heteroatoms. The number of benzene rings is 2. The van der Waals surface area contributed by atoms with Crippen LogP contribution in [0.3, 0.4) is 0 Å². The first-order chi connectivity index (χ1) is 14.9. The lowest BCUT2D eigenvalue weighted by atomic mass is 9.98. The van der Waals surface area contributed by atoms with E-state index in [1.165, 1.54) is 27.4 Å². The quantitative estimate of drug-likeness (QED) is 0.470. The molecule has 0 atom stereocenters. The number of thiocarbonyl (C=S) groups is 1. The molecule has 3 rings (SSSR count). The number of anilines is 1. The highest BCUT2D eigenvalue weighted by atomic mass is 32.1. The van der Waals surface area contributed by atoms with Crippen molar-refractivity contribution in [3.8, 4) is 51.1 Å². The van der Waals surface area contributed by atoms with Crippen LogP contribution in [0.4, 0.5) is 5.95 Å². The molecule has 2 aromatic carbocycles. The van der Waals surface area contributed by atoms with Crippen LogP contribution in [0.25, 0.3) is 22.4 Å². The van der Waals surface area contributed by atoms with Gasteiger partial charge in [-0.2, -0.15) is 0 Å². The van der Waals surface area contributed by atoms with Gasteiger partial charge in [-0.15, -0.1) is 0 Å². The number of aromatic hydroxyl groups is 1. The molecule has 0 aliphatic carbocycles. The molecule has 0 amide bonds. The van der Waals surface area contributed by atoms with Crippen LogP contribution < -0.4 is 30.0 Å². The Bertz CT molecular complexity index is 1110. The first-order valence-electron chi connectivity index (χ1n) is 9.03. The number of ether oxygens (including phenoxy) is 4. The number of phenolic OH excluding ortho intramolecular Hbond substituents is 1. The predicted octanol–water partition coefficient (Wildman–Crippen LogP) is 3.21. The fraction of sp³-hybridized carbons (Fsp3) is 0.190. The molecule has 0 saturated carbocycles. The zero-order chi connectivity index (χ0) is 22.5. The number of rotatable bonds is 7. The Labute approximate surface area is 184 Å². The molecule has 3 aromatic rings. The summed E-state index contributed by atoms with van der Waals surface area (Å²) >= 11 is 4.90. The van der Waals surface area contributed by atoms with Crippen LogP contribution in [0.5, 0.6) is 28.7 Å². The third kappa shape index (κ3) is 4.38. The Hall–Kier alpha value is -3.79. The van der Waals surface area contributed by atoms with E-state index in [4.69, 9.17) is 36.9 Å². The van der Waals surface area contributed by atoms with Gasteiger partial charge in [-0.3, -0.25) is 0 Å². The first-order valence-corrected chi connectivity index (χ1v) is 9.44. The zero-order valence-electron chi connectivity index (χ0n) is 17.4. The molecule has 31 heavy (non-hydrogen) atoms. The van der Waals surface area contributed by atoms with Crippen LogP contribution in [0, 0.1) is 0 Å². The molecule has 0 spiro atoms. The Morgan fingerprint density at radius 1 is 1.00 bits per heavy atom. The molecule has 0 aliphatic rings. The highest BCUT2D eigenvalue weighted by molar-refractivity contribution is 7.80. The van der Waals surface area contributed by atoms with Crippen molar-refractivity contribution in [3.05, 3.63) is 36.5 Å². The van der Waals surface area contributed by atoms with Gasteiger partial charge in [0.15, 0.2) is 16.6 Å². The van der Waals surface area contributed by atoms with Gasteiger partial charge in [-0.1, -0.05) is 12.1 Å². The predicted molar refractivity (Wildman–Crippen MR) is 121 cm³/mol. The maximum atomic E-state index is 10.9. The molecule has 9 nitrogen and oxygen atoms in total. The lowest BCUT2D eigenvalue weighted by Gasteiger charge is -2.19. The number of methoxy groups -OCH3 is 4. The lowest BCUT2D eigenvalue weighted by Crippen LogP contribution is -2.20. The van der Waals surface area contributed by atoms with Crippen molar-refractivity contribution in [3.63, 3.8) is 0 Å². The summed E-state index contributed by atoms with van der Waals surface area (Å²) in [6.45, 7) is 0. The summed E-state index contributed by atoms with van der Waals surface area (Å²) in [4.78, 5) is 8.83. The Morgan fingerprint density at radius 3 is 2.23 bits per heavy atom. The maximum absolute atomic E-state index is 10.9. The minimum Gasteiger partial charge on any atom is -0.507 e. The fourth-order valence-electron chi connectivity index (χ4n) is 3.10. The number of nitrogens with one attached hydrogen (secondary N) is 1. The number of nitrogens with two attached hydrogens (primary N) is 1. The van der Waals surface area contributed by atoms with E-state index in [2.05, 4.69) is 15.3 Å². The summed E-state index contributed by atoms with van der Waals surface area (Å²) in [6.07, 6.45) is 1.60. The largest absolute Gasteiger partial charge is 0.507 e. The summed E-state index contributed by atoms with van der Waals surface area (Å²) in [5.74, 6) is 1.60. The van der Waals surface area contributed by atoms with E-state index in [9.17, 15) is 5.11 Å². The number of hydrogen-bond acceptors (Lipinski definition) is 8. The third-order valence-corrected chi connectivity index (χ3v) is 4.57. The Balaban J connectivity index is 2.33. The summed E-state index contributed by atoms with van der Waals surface area (Å²) in [5.41, 5.74) is 7.65. The molecule has 0 unspecified atom stereocenters. The Morgan fingerprint density at radius 2 is 1.68 bits per heavy atom. The first kappa shape index (κ1) is 21.9. The molecule has 1 heterocycles. The third-order valence-electron chi connectivity index (χ3n) is 4.47. The minimum atomic E-state index is -0.121. The normalized spacial score (nSPS) is 10.3. The second-order valence-corrected chi connectivity index (χ2v) is 6.65. The van der Waals surface area contributed by atoms with Gasteiger partial charge < -0.3 is 35.1 Å². The summed E-state index contributed by atoms with van der Waals surface area (Å²) in [6, 6.07) is 8.76. The van der Waals surface area contributed by atoms with Gasteiger partial charge in [0.05, 0.1) is 39.7 Å². The lowest BCUT2D eigenvalue weighted by molar-refractivity contribution is 0.321. The molecule has 4 N–H and O–H groups in total. The summed E-state index contributed by atoms with van der Waals surface area (Å²) in [5, 5.41) is 13.6. The van der Waals surface area contributed by atoms with E-state index in [1.807, 2.05) is 24.3 Å². The van der Waals surface area contributed by atoms with Gasteiger partial charge in [0.2, 0.25) is 11.7 Å². The van der Waals surface area contributed by atoms with Gasteiger partial charge in [-0.05, 0) is 29.9 Å². The molecule has 0 fully saturated rings. The monoisotopic (exact) mass is 442 g/mol. The van der Waals surface area contributed by atoms with Crippen molar-refractivity contribution < 1.29 is 24.1 Å². The van der Waals surface area contributed by atoms with Crippen molar-refractivity contribution >= 4 is 23.3 Å². The van der Waals surface area contributed by atoms with Crippen LogP contribution in [0.15, 0.2) is 36.5 Å². The topological polar surface area (TPSA) is 121 Å². The van der Waals surface area contributed by atoms with Gasteiger partial charge in [0.25, 0.3) is 0 Å². The van der Waals surface area contributed by atoms with Crippen molar-refractivity contribution in [1.82, 2.24) is 9.97 Å². The van der Waals surface area contributed by atoms with Gasteiger partial charge in [0, 0.05) is 17.8 Å². The highest BCUT2D eigenvalue weighted by Crippen LogP contribution is 2.51. The van der Waals surface area contributed by atoms with E-state index in [0.29, 0.717) is 34.1 Å². The summed E-state index contributed by atoms with van der Waals surface area (Å²) < 4.78 is 21.6. The molecule has 0 radical (unpaired) electrons. The molecule has 1 aromatic heterocycles. The Kier molecular flexibility index (Phi) is 6.61. The van der Waals surface area contributed by atoms with E-state index >= 15 is 0 Å². The molecule has 0 bridgehead atoms. The highest BCUT2D eigenvalue weighted by Gasteiger charge is 2.26. The second-order valence-electron chi connectivity index (χ2n) is 6.21. The van der Waals surface area contributed by atoms with E-state index < -0.39 is 0 Å². The second kappa shape index (κ2) is 9.35. The number of nitrogens with zero attached hydrogens (tertiary/aromatic N) is 2. The van der Waals surface area contributed by atoms with Gasteiger partial charge >= 0.3 is 0 Å². The van der Waals surface area contributed by atoms with E-state index in [-0.39, 0.29) is 22.6 Å². The van der Waals surface area contributed by atoms with Crippen LogP contribution >= 0.6 is 12.2 Å². The van der Waals surface area contributed by atoms with Crippen LogP contribution in [0.2, 0.25) is 0 Å². The van der Waals surface area contributed by atoms with E-state index in [1.54, 1.807) is 13.3 Å². The number of aromatic nitrogens is 2. The molecular formula is C21H22N4O5S. The van der Waals surface area contributed by atoms with Crippen molar-refractivity contribution in [1.29, 1.82) is 0 Å². The van der Waals surface area contributed by atoms with Crippen molar-refractivity contribution in [2.75, 3.05) is 33.8 Å². The molecule has 0 saturated heterocycles. The maximum Gasteiger partial charge on any atom is 0.229 e. The van der Waals surface area contributed by atoms with Crippen LogP contribution in [-0.4, -0.2) is 48.6 Å². The average Bonchev–Trinajstić information content (AvgIpc) is 2.77.